The highest BCUT2D eigenvalue weighted by Gasteiger charge is 2.17. The summed E-state index contributed by atoms with van der Waals surface area (Å²) >= 11 is 0. The van der Waals surface area contributed by atoms with Gasteiger partial charge in [0.25, 0.3) is 0 Å². The average Bonchev–Trinajstić information content (AvgIpc) is 3.49. The van der Waals surface area contributed by atoms with Crippen LogP contribution in [0.2, 0.25) is 0 Å². The largest absolute Gasteiger partial charge is 0.495 e. The number of benzene rings is 1. The lowest BCUT2D eigenvalue weighted by atomic mass is 10.1. The number of nitrogens with zero attached hydrogens (tertiary/aromatic N) is 5. The molecule has 32 heavy (non-hydrogen) atoms. The molecule has 0 radical (unpaired) electrons. The van der Waals surface area contributed by atoms with E-state index in [1.165, 1.54) is 6.39 Å². The van der Waals surface area contributed by atoms with Crippen molar-refractivity contribution in [2.45, 2.75) is 0 Å². The number of anilines is 3. The average molecular weight is 432 g/mol. The molecule has 0 spiro atoms. The van der Waals surface area contributed by atoms with Gasteiger partial charge in [-0.05, 0) is 24.3 Å². The molecule has 5 rings (SSSR count). The first-order chi connectivity index (χ1) is 15.7. The smallest absolute Gasteiger partial charge is 0.182 e. The molecular formula is C23H24N6O3. The molecule has 164 valence electrons. The van der Waals surface area contributed by atoms with Crippen LogP contribution in [-0.2, 0) is 11.8 Å². The molecule has 0 bridgehead atoms. The molecule has 1 aliphatic rings. The number of pyridine rings is 1. The molecule has 1 saturated heterocycles. The van der Waals surface area contributed by atoms with Crippen LogP contribution in [0.25, 0.3) is 22.6 Å². The van der Waals surface area contributed by atoms with Crippen LogP contribution in [0.5, 0.6) is 5.75 Å². The van der Waals surface area contributed by atoms with Crippen molar-refractivity contribution in [3.05, 3.63) is 55.3 Å². The fourth-order valence-electron chi connectivity index (χ4n) is 3.81. The van der Waals surface area contributed by atoms with Gasteiger partial charge in [0.1, 0.15) is 17.3 Å². The minimum Gasteiger partial charge on any atom is -0.495 e. The van der Waals surface area contributed by atoms with Crippen molar-refractivity contribution in [3.63, 3.8) is 0 Å². The zero-order valence-corrected chi connectivity index (χ0v) is 18.0. The predicted octanol–water partition coefficient (Wildman–Crippen LogP) is 3.73. The first kappa shape index (κ1) is 20.1. The van der Waals surface area contributed by atoms with Gasteiger partial charge in [0.15, 0.2) is 12.2 Å². The van der Waals surface area contributed by atoms with Gasteiger partial charge in [-0.15, -0.1) is 0 Å². The third kappa shape index (κ3) is 4.02. The first-order valence-electron chi connectivity index (χ1n) is 10.4. The number of rotatable bonds is 6. The Balaban J connectivity index is 1.40. The standard InChI is InChI=1S/C23H24N6O3/c1-28-14-17(13-26-28)22-23(32-15-25-22)16-5-6-24-21(11-16)27-18-3-4-19(20(12-18)30-2)29-7-9-31-10-8-29/h3-6,11-15H,7-10H2,1-2H3,(H,24,27). The fraction of sp³-hybridized carbons (Fsp3) is 0.261. The van der Waals surface area contributed by atoms with Gasteiger partial charge in [-0.1, -0.05) is 0 Å². The topological polar surface area (TPSA) is 90.5 Å². The van der Waals surface area contributed by atoms with Crippen LogP contribution in [0.1, 0.15) is 0 Å². The minimum atomic E-state index is 0.670. The van der Waals surface area contributed by atoms with Crippen LogP contribution in [0.15, 0.2) is 59.7 Å². The van der Waals surface area contributed by atoms with E-state index in [9.17, 15) is 0 Å². The molecule has 1 fully saturated rings. The Hall–Kier alpha value is -3.85. The SMILES string of the molecule is COc1cc(Nc2cc(-c3ocnc3-c3cnn(C)c3)ccn2)ccc1N1CCOCC1. The van der Waals surface area contributed by atoms with Gasteiger partial charge < -0.3 is 24.1 Å². The maximum absolute atomic E-state index is 5.70. The Morgan fingerprint density at radius 1 is 1.06 bits per heavy atom. The van der Waals surface area contributed by atoms with Gasteiger partial charge >= 0.3 is 0 Å². The van der Waals surface area contributed by atoms with E-state index in [-0.39, 0.29) is 0 Å². The fourth-order valence-corrected chi connectivity index (χ4v) is 3.81. The van der Waals surface area contributed by atoms with Gasteiger partial charge in [-0.3, -0.25) is 4.68 Å². The molecule has 0 saturated carbocycles. The summed E-state index contributed by atoms with van der Waals surface area (Å²) in [6.07, 6.45) is 6.86. The summed E-state index contributed by atoms with van der Waals surface area (Å²) in [4.78, 5) is 11.1. The molecule has 0 unspecified atom stereocenters. The highest BCUT2D eigenvalue weighted by Crippen LogP contribution is 2.34. The highest BCUT2D eigenvalue weighted by molar-refractivity contribution is 5.78. The van der Waals surface area contributed by atoms with E-state index in [0.717, 1.165) is 60.2 Å². The third-order valence-corrected chi connectivity index (χ3v) is 5.37. The van der Waals surface area contributed by atoms with Gasteiger partial charge in [0.2, 0.25) is 0 Å². The molecule has 1 aromatic carbocycles. The van der Waals surface area contributed by atoms with Crippen LogP contribution in [0.4, 0.5) is 17.2 Å². The van der Waals surface area contributed by atoms with Crippen molar-refractivity contribution in [3.8, 4) is 28.3 Å². The zero-order valence-electron chi connectivity index (χ0n) is 18.0. The first-order valence-corrected chi connectivity index (χ1v) is 10.4. The molecule has 0 aliphatic carbocycles. The number of nitrogens with one attached hydrogen (secondary N) is 1. The van der Waals surface area contributed by atoms with Crippen molar-refractivity contribution in [1.82, 2.24) is 19.7 Å². The molecule has 0 amide bonds. The lowest BCUT2D eigenvalue weighted by molar-refractivity contribution is 0.122. The summed E-state index contributed by atoms with van der Waals surface area (Å²) in [6.45, 7) is 3.15. The van der Waals surface area contributed by atoms with Gasteiger partial charge in [0, 0.05) is 55.4 Å². The molecular weight excluding hydrogens is 408 g/mol. The number of methoxy groups -OCH3 is 1. The summed E-state index contributed by atoms with van der Waals surface area (Å²) in [7, 11) is 3.56. The van der Waals surface area contributed by atoms with Gasteiger partial charge in [0.05, 0.1) is 32.2 Å². The highest BCUT2D eigenvalue weighted by atomic mass is 16.5. The summed E-state index contributed by atoms with van der Waals surface area (Å²) < 4.78 is 18.5. The number of aryl methyl sites for hydroxylation is 1. The zero-order chi connectivity index (χ0) is 21.9. The minimum absolute atomic E-state index is 0.670. The van der Waals surface area contributed by atoms with E-state index >= 15 is 0 Å². The lowest BCUT2D eigenvalue weighted by Crippen LogP contribution is -2.36. The molecule has 3 aromatic heterocycles. The second-order valence-corrected chi connectivity index (χ2v) is 7.47. The Labute approximate surface area is 185 Å². The molecule has 1 N–H and O–H groups in total. The van der Waals surface area contributed by atoms with Crippen LogP contribution in [0, 0.1) is 0 Å². The van der Waals surface area contributed by atoms with Crippen molar-refractivity contribution in [1.29, 1.82) is 0 Å². The molecule has 4 heterocycles. The van der Waals surface area contributed by atoms with E-state index in [1.807, 2.05) is 37.5 Å². The van der Waals surface area contributed by atoms with Crippen LogP contribution >= 0.6 is 0 Å². The molecule has 0 atom stereocenters. The van der Waals surface area contributed by atoms with Crippen molar-refractivity contribution in [2.75, 3.05) is 43.6 Å². The molecule has 9 heteroatoms. The van der Waals surface area contributed by atoms with Gasteiger partial charge in [-0.25, -0.2) is 9.97 Å². The number of hydrogen-bond donors (Lipinski definition) is 1. The van der Waals surface area contributed by atoms with E-state index in [4.69, 9.17) is 13.9 Å². The van der Waals surface area contributed by atoms with E-state index in [2.05, 4.69) is 31.3 Å². The maximum Gasteiger partial charge on any atom is 0.182 e. The van der Waals surface area contributed by atoms with Crippen LogP contribution in [-0.4, -0.2) is 53.2 Å². The summed E-state index contributed by atoms with van der Waals surface area (Å²) in [5.74, 6) is 2.17. The summed E-state index contributed by atoms with van der Waals surface area (Å²) in [5, 5.41) is 7.59. The van der Waals surface area contributed by atoms with Crippen molar-refractivity contribution < 1.29 is 13.9 Å². The Kier molecular flexibility index (Phi) is 5.47. The summed E-state index contributed by atoms with van der Waals surface area (Å²) in [5.41, 5.74) is 4.45. The molecule has 9 nitrogen and oxygen atoms in total. The normalized spacial score (nSPS) is 13.9. The van der Waals surface area contributed by atoms with E-state index in [0.29, 0.717) is 11.6 Å². The van der Waals surface area contributed by atoms with Gasteiger partial charge in [-0.2, -0.15) is 5.10 Å². The second kappa shape index (κ2) is 8.72. The van der Waals surface area contributed by atoms with Crippen molar-refractivity contribution >= 4 is 17.2 Å². The van der Waals surface area contributed by atoms with E-state index in [1.54, 1.807) is 24.2 Å². The Morgan fingerprint density at radius 2 is 1.94 bits per heavy atom. The number of ether oxygens (including phenoxy) is 2. The van der Waals surface area contributed by atoms with E-state index < -0.39 is 0 Å². The Bertz CT molecular complexity index is 1210. The number of oxazole rings is 1. The predicted molar refractivity (Wildman–Crippen MR) is 121 cm³/mol. The number of aromatic nitrogens is 4. The maximum atomic E-state index is 5.70. The molecule has 4 aromatic rings. The number of hydrogen-bond acceptors (Lipinski definition) is 8. The third-order valence-electron chi connectivity index (χ3n) is 5.37. The van der Waals surface area contributed by atoms with Crippen LogP contribution < -0.4 is 15.0 Å². The second-order valence-electron chi connectivity index (χ2n) is 7.47. The molecule has 1 aliphatic heterocycles. The lowest BCUT2D eigenvalue weighted by Gasteiger charge is -2.30. The number of morpholine rings is 1. The Morgan fingerprint density at radius 3 is 2.72 bits per heavy atom. The monoisotopic (exact) mass is 432 g/mol. The van der Waals surface area contributed by atoms with Crippen molar-refractivity contribution in [2.24, 2.45) is 7.05 Å². The quantitative estimate of drug-likeness (QED) is 0.493. The van der Waals surface area contributed by atoms with Crippen LogP contribution in [0.3, 0.4) is 0 Å². The summed E-state index contributed by atoms with van der Waals surface area (Å²) in [6, 6.07) is 9.90.